The number of phenolic OH excluding ortho intramolecular Hbond substituents is 1. The van der Waals surface area contributed by atoms with E-state index in [1.54, 1.807) is 17.9 Å². The number of Topliss-reactive ketones (excluding diaryl/α,β-unsaturated/α-hetero) is 1. The number of amides is 1. The van der Waals surface area contributed by atoms with Gasteiger partial charge in [0, 0.05) is 38.9 Å². The van der Waals surface area contributed by atoms with Gasteiger partial charge in [-0.05, 0) is 12.1 Å². The highest BCUT2D eigenvalue weighted by Crippen LogP contribution is 2.43. The zero-order valence-corrected chi connectivity index (χ0v) is 13.2. The smallest absolute Gasteiger partial charge is 0.219 e. The summed E-state index contributed by atoms with van der Waals surface area (Å²) in [6, 6.07) is 4.54. The van der Waals surface area contributed by atoms with Crippen molar-refractivity contribution in [2.45, 2.75) is 30.2 Å². The van der Waals surface area contributed by atoms with E-state index in [1.165, 1.54) is 12.1 Å². The zero-order chi connectivity index (χ0) is 15.2. The van der Waals surface area contributed by atoms with Gasteiger partial charge < -0.3 is 14.7 Å². The molecular weight excluding hydrogens is 338 g/mol. The average Bonchev–Trinajstić information content (AvgIpc) is 2.45. The molecule has 0 aromatic heterocycles. The molecule has 6 heteroatoms. The van der Waals surface area contributed by atoms with Crippen molar-refractivity contribution in [1.29, 1.82) is 0 Å². The Labute approximate surface area is 131 Å². The molecule has 1 N–H and O–H groups in total. The summed E-state index contributed by atoms with van der Waals surface area (Å²) in [6.07, 6.45) is 1.17. The molecule has 1 fully saturated rings. The summed E-state index contributed by atoms with van der Waals surface area (Å²) >= 11 is 3.48. The van der Waals surface area contributed by atoms with Crippen molar-refractivity contribution in [3.8, 4) is 11.5 Å². The first-order chi connectivity index (χ1) is 9.93. The van der Waals surface area contributed by atoms with Gasteiger partial charge in [-0.3, -0.25) is 9.59 Å². The number of carbonyl (C=O) groups is 2. The van der Waals surface area contributed by atoms with E-state index < -0.39 is 10.4 Å². The molecule has 1 aromatic carbocycles. The van der Waals surface area contributed by atoms with E-state index in [2.05, 4.69) is 15.9 Å². The van der Waals surface area contributed by atoms with Gasteiger partial charge in [-0.15, -0.1) is 0 Å². The van der Waals surface area contributed by atoms with Crippen LogP contribution < -0.4 is 4.74 Å². The lowest BCUT2D eigenvalue weighted by Crippen LogP contribution is -2.58. The van der Waals surface area contributed by atoms with Crippen molar-refractivity contribution in [2.24, 2.45) is 0 Å². The fourth-order valence-corrected chi connectivity index (χ4v) is 3.80. The maximum absolute atomic E-state index is 12.5. The molecule has 1 saturated heterocycles. The van der Waals surface area contributed by atoms with Crippen LogP contribution in [0.2, 0.25) is 0 Å². The number of ether oxygens (including phenoxy) is 1. The first kappa shape index (κ1) is 14.4. The fraction of sp³-hybridized carbons (Fsp3) is 0.467. The monoisotopic (exact) mass is 353 g/mol. The van der Waals surface area contributed by atoms with Crippen LogP contribution in [0.25, 0.3) is 0 Å². The summed E-state index contributed by atoms with van der Waals surface area (Å²) in [5.74, 6) is 0.501. The highest BCUT2D eigenvalue weighted by Gasteiger charge is 2.50. The molecule has 1 aromatic rings. The first-order valence-electron chi connectivity index (χ1n) is 6.89. The minimum absolute atomic E-state index is 0.0347. The zero-order valence-electron chi connectivity index (χ0n) is 11.6. The number of rotatable bonds is 0. The highest BCUT2D eigenvalue weighted by atomic mass is 79.9. The van der Waals surface area contributed by atoms with Crippen LogP contribution in [-0.4, -0.2) is 45.2 Å². The SMILES string of the molecule is CC(=O)N1CCC2(CC1)Oc1cc(O)ccc1C(=O)C2Br. The van der Waals surface area contributed by atoms with Crippen LogP contribution in [0.4, 0.5) is 0 Å². The Kier molecular flexibility index (Phi) is 3.43. The molecule has 0 bridgehead atoms. The third-order valence-corrected chi connectivity index (χ3v) is 5.54. The molecule has 0 radical (unpaired) electrons. The molecule has 2 aliphatic heterocycles. The van der Waals surface area contributed by atoms with Gasteiger partial charge in [-0.2, -0.15) is 0 Å². The summed E-state index contributed by atoms with van der Waals surface area (Å²) in [7, 11) is 0. The van der Waals surface area contributed by atoms with E-state index in [-0.39, 0.29) is 17.4 Å². The van der Waals surface area contributed by atoms with Crippen molar-refractivity contribution >= 4 is 27.6 Å². The number of piperidine rings is 1. The maximum Gasteiger partial charge on any atom is 0.219 e. The molecule has 1 atom stereocenters. The van der Waals surface area contributed by atoms with Crippen LogP contribution >= 0.6 is 15.9 Å². The molecular formula is C15H16BrNO4. The number of ketones is 1. The van der Waals surface area contributed by atoms with Gasteiger partial charge in [0.1, 0.15) is 21.9 Å². The quantitative estimate of drug-likeness (QED) is 0.725. The number of likely N-dealkylation sites (tertiary alicyclic amines) is 1. The molecule has 112 valence electrons. The summed E-state index contributed by atoms with van der Waals surface area (Å²) in [5, 5.41) is 9.59. The molecule has 21 heavy (non-hydrogen) atoms. The van der Waals surface area contributed by atoms with Crippen LogP contribution in [0.15, 0.2) is 18.2 Å². The van der Waals surface area contributed by atoms with Gasteiger partial charge >= 0.3 is 0 Å². The number of halogens is 1. The van der Waals surface area contributed by atoms with Gasteiger partial charge in [0.15, 0.2) is 5.78 Å². The molecule has 1 amide bonds. The van der Waals surface area contributed by atoms with E-state index in [4.69, 9.17) is 4.74 Å². The van der Waals surface area contributed by atoms with Gasteiger partial charge in [0.05, 0.1) is 5.56 Å². The van der Waals surface area contributed by atoms with Crippen LogP contribution in [0.5, 0.6) is 11.5 Å². The Morgan fingerprint density at radius 1 is 1.43 bits per heavy atom. The third-order valence-electron chi connectivity index (χ3n) is 4.29. The normalized spacial score (nSPS) is 23.6. The number of hydrogen-bond acceptors (Lipinski definition) is 4. The number of alkyl halides is 1. The molecule has 0 aliphatic carbocycles. The number of fused-ring (bicyclic) bond motifs is 1. The molecule has 5 nitrogen and oxygen atoms in total. The van der Waals surface area contributed by atoms with Crippen LogP contribution in [0.1, 0.15) is 30.1 Å². The largest absolute Gasteiger partial charge is 0.508 e. The lowest BCUT2D eigenvalue weighted by molar-refractivity contribution is -0.132. The lowest BCUT2D eigenvalue weighted by Gasteiger charge is -2.46. The Morgan fingerprint density at radius 3 is 2.71 bits per heavy atom. The van der Waals surface area contributed by atoms with Crippen molar-refractivity contribution in [2.75, 3.05) is 13.1 Å². The predicted octanol–water partition coefficient (Wildman–Crippen LogP) is 2.11. The fourth-order valence-electron chi connectivity index (χ4n) is 3.00. The molecule has 1 spiro atoms. The number of hydrogen-bond donors (Lipinski definition) is 1. The number of carbonyl (C=O) groups excluding carboxylic acids is 2. The summed E-state index contributed by atoms with van der Waals surface area (Å²) in [6.45, 7) is 2.68. The minimum Gasteiger partial charge on any atom is -0.508 e. The van der Waals surface area contributed by atoms with Gasteiger partial charge in [0.2, 0.25) is 5.91 Å². The van der Waals surface area contributed by atoms with Crippen molar-refractivity contribution in [1.82, 2.24) is 4.90 Å². The lowest BCUT2D eigenvalue weighted by atomic mass is 9.82. The summed E-state index contributed by atoms with van der Waals surface area (Å²) in [4.78, 5) is 25.3. The van der Waals surface area contributed by atoms with Gasteiger partial charge in [-0.1, -0.05) is 15.9 Å². The number of benzene rings is 1. The summed E-state index contributed by atoms with van der Waals surface area (Å²) < 4.78 is 6.09. The van der Waals surface area contributed by atoms with E-state index >= 15 is 0 Å². The van der Waals surface area contributed by atoms with E-state index in [1.807, 2.05) is 0 Å². The van der Waals surface area contributed by atoms with E-state index in [0.717, 1.165) is 0 Å². The highest BCUT2D eigenvalue weighted by molar-refractivity contribution is 9.10. The Balaban J connectivity index is 1.92. The van der Waals surface area contributed by atoms with Crippen molar-refractivity contribution < 1.29 is 19.4 Å². The third kappa shape index (κ3) is 2.31. The van der Waals surface area contributed by atoms with Gasteiger partial charge in [-0.25, -0.2) is 0 Å². The van der Waals surface area contributed by atoms with Crippen LogP contribution in [-0.2, 0) is 4.79 Å². The van der Waals surface area contributed by atoms with Gasteiger partial charge in [0.25, 0.3) is 0 Å². The topological polar surface area (TPSA) is 66.8 Å². The number of aromatic hydroxyl groups is 1. The minimum atomic E-state index is -0.649. The van der Waals surface area contributed by atoms with Crippen molar-refractivity contribution in [3.05, 3.63) is 23.8 Å². The summed E-state index contributed by atoms with van der Waals surface area (Å²) in [5.41, 5.74) is -0.168. The van der Waals surface area contributed by atoms with E-state index in [9.17, 15) is 14.7 Å². The van der Waals surface area contributed by atoms with Crippen LogP contribution in [0, 0.1) is 0 Å². The molecule has 2 heterocycles. The van der Waals surface area contributed by atoms with Crippen molar-refractivity contribution in [3.63, 3.8) is 0 Å². The molecule has 0 saturated carbocycles. The Hall–Kier alpha value is -1.56. The second-order valence-electron chi connectivity index (χ2n) is 5.58. The predicted molar refractivity (Wildman–Crippen MR) is 80.0 cm³/mol. The number of phenols is 1. The maximum atomic E-state index is 12.5. The molecule has 2 aliphatic rings. The number of nitrogens with zero attached hydrogens (tertiary/aromatic N) is 1. The Morgan fingerprint density at radius 2 is 2.10 bits per heavy atom. The van der Waals surface area contributed by atoms with Crippen LogP contribution in [0.3, 0.4) is 0 Å². The second-order valence-corrected chi connectivity index (χ2v) is 6.50. The average molecular weight is 354 g/mol. The Bertz CT molecular complexity index is 608. The standard InChI is InChI=1S/C15H16BrNO4/c1-9(18)17-6-4-15(5-7-17)14(16)13(20)11-3-2-10(19)8-12(11)21-15/h2-3,8,14,19H,4-7H2,1H3. The molecule has 3 rings (SSSR count). The molecule has 1 unspecified atom stereocenters. The first-order valence-corrected chi connectivity index (χ1v) is 7.80. The second kappa shape index (κ2) is 5.02. The van der Waals surface area contributed by atoms with E-state index in [0.29, 0.717) is 37.2 Å².